The summed E-state index contributed by atoms with van der Waals surface area (Å²) in [6, 6.07) is 10.7. The number of hydrogen-bond donors (Lipinski definition) is 1. The molecule has 0 aliphatic heterocycles. The average Bonchev–Trinajstić information content (AvgIpc) is 2.90. The Kier molecular flexibility index (Phi) is 4.92. The number of amides is 1. The summed E-state index contributed by atoms with van der Waals surface area (Å²) in [5, 5.41) is 2.70. The molecule has 1 heterocycles. The Morgan fingerprint density at radius 2 is 2.04 bits per heavy atom. The molecule has 3 aromatic rings. The normalized spacial score (nSPS) is 10.8. The first-order chi connectivity index (χ1) is 12.0. The number of halogens is 2. The van der Waals surface area contributed by atoms with Crippen LogP contribution in [0.5, 0.6) is 5.75 Å². The van der Waals surface area contributed by atoms with Gasteiger partial charge in [0.2, 0.25) is 0 Å². The van der Waals surface area contributed by atoms with Crippen LogP contribution in [0.2, 0.25) is 0 Å². The van der Waals surface area contributed by atoms with E-state index < -0.39 is 11.6 Å². The molecule has 0 radical (unpaired) electrons. The molecule has 1 aromatic heterocycles. The zero-order valence-corrected chi connectivity index (χ0v) is 13.6. The molecule has 1 amide bonds. The van der Waals surface area contributed by atoms with E-state index in [0.717, 1.165) is 29.0 Å². The lowest BCUT2D eigenvalue weighted by Gasteiger charge is -2.10. The number of aromatic nitrogens is 2. The summed E-state index contributed by atoms with van der Waals surface area (Å²) in [5.74, 6) is -1.22. The summed E-state index contributed by atoms with van der Waals surface area (Å²) in [4.78, 5) is 16.3. The largest absolute Gasteiger partial charge is 0.481 e. The molecule has 3 rings (SSSR count). The van der Waals surface area contributed by atoms with E-state index in [1.807, 2.05) is 35.8 Å². The van der Waals surface area contributed by atoms with Crippen molar-refractivity contribution in [2.45, 2.75) is 13.5 Å². The van der Waals surface area contributed by atoms with E-state index in [-0.39, 0.29) is 18.3 Å². The van der Waals surface area contributed by atoms with Crippen molar-refractivity contribution in [3.63, 3.8) is 0 Å². The third kappa shape index (κ3) is 3.93. The zero-order chi connectivity index (χ0) is 17.8. The highest BCUT2D eigenvalue weighted by Crippen LogP contribution is 2.17. The minimum atomic E-state index is -0.840. The summed E-state index contributed by atoms with van der Waals surface area (Å²) in [5.41, 5.74) is 1.90. The summed E-state index contributed by atoms with van der Waals surface area (Å²) >= 11 is 0. The van der Waals surface area contributed by atoms with Crippen LogP contribution in [0.25, 0.3) is 11.0 Å². The van der Waals surface area contributed by atoms with Crippen molar-refractivity contribution in [3.05, 3.63) is 59.9 Å². The molecule has 0 bridgehead atoms. The highest BCUT2D eigenvalue weighted by Gasteiger charge is 2.09. The van der Waals surface area contributed by atoms with Crippen molar-refractivity contribution in [2.24, 2.45) is 0 Å². The Morgan fingerprint density at radius 3 is 2.84 bits per heavy atom. The first-order valence-electron chi connectivity index (χ1n) is 7.81. The Morgan fingerprint density at radius 1 is 1.24 bits per heavy atom. The van der Waals surface area contributed by atoms with Crippen LogP contribution in [0.1, 0.15) is 5.82 Å². The molecule has 0 saturated carbocycles. The lowest BCUT2D eigenvalue weighted by atomic mass is 10.3. The quantitative estimate of drug-likeness (QED) is 0.747. The number of carbonyl (C=O) groups is 1. The minimum absolute atomic E-state index is 0.159. The smallest absolute Gasteiger partial charge is 0.258 e. The van der Waals surface area contributed by atoms with Gasteiger partial charge in [0.25, 0.3) is 5.91 Å². The highest BCUT2D eigenvalue weighted by molar-refractivity contribution is 5.78. The maximum Gasteiger partial charge on any atom is 0.258 e. The van der Waals surface area contributed by atoms with E-state index in [9.17, 15) is 13.6 Å². The number of fused-ring (bicyclic) bond motifs is 1. The van der Waals surface area contributed by atoms with Gasteiger partial charge in [0.05, 0.1) is 11.0 Å². The van der Waals surface area contributed by atoms with E-state index in [1.54, 1.807) is 0 Å². The van der Waals surface area contributed by atoms with Gasteiger partial charge in [-0.3, -0.25) is 4.79 Å². The van der Waals surface area contributed by atoms with Gasteiger partial charge in [0.15, 0.2) is 18.2 Å². The second-order valence-corrected chi connectivity index (χ2v) is 5.51. The number of benzene rings is 2. The van der Waals surface area contributed by atoms with Crippen LogP contribution >= 0.6 is 0 Å². The predicted molar refractivity (Wildman–Crippen MR) is 89.3 cm³/mol. The van der Waals surface area contributed by atoms with Crippen molar-refractivity contribution < 1.29 is 18.3 Å². The molecule has 5 nitrogen and oxygen atoms in total. The van der Waals surface area contributed by atoms with Crippen LogP contribution in [0.15, 0.2) is 42.5 Å². The number of imidazole rings is 1. The summed E-state index contributed by atoms with van der Waals surface area (Å²) in [7, 11) is 0. The third-order valence-corrected chi connectivity index (χ3v) is 3.76. The van der Waals surface area contributed by atoms with E-state index in [1.165, 1.54) is 0 Å². The zero-order valence-electron chi connectivity index (χ0n) is 13.6. The molecule has 7 heteroatoms. The van der Waals surface area contributed by atoms with Gasteiger partial charge in [-0.25, -0.2) is 13.8 Å². The van der Waals surface area contributed by atoms with Gasteiger partial charge in [-0.1, -0.05) is 12.1 Å². The maximum atomic E-state index is 13.4. The molecule has 0 unspecified atom stereocenters. The van der Waals surface area contributed by atoms with Crippen LogP contribution in [0, 0.1) is 18.6 Å². The number of hydrogen-bond acceptors (Lipinski definition) is 3. The fourth-order valence-electron chi connectivity index (χ4n) is 2.57. The maximum absolute atomic E-state index is 13.4. The predicted octanol–water partition coefficient (Wildman–Crippen LogP) is 2.82. The number of rotatable bonds is 6. The second-order valence-electron chi connectivity index (χ2n) is 5.51. The van der Waals surface area contributed by atoms with Crippen molar-refractivity contribution in [1.82, 2.24) is 14.9 Å². The van der Waals surface area contributed by atoms with Crippen LogP contribution in [0.4, 0.5) is 8.78 Å². The standard InChI is InChI=1S/C18H17F2N3O2/c1-12-22-15-4-2-3-5-16(15)23(12)9-8-21-18(24)11-25-17-7-6-13(19)10-14(17)20/h2-7,10H,8-9,11H2,1H3,(H,21,24). The lowest BCUT2D eigenvalue weighted by molar-refractivity contribution is -0.123. The molecule has 2 aromatic carbocycles. The van der Waals surface area contributed by atoms with Gasteiger partial charge in [-0.2, -0.15) is 0 Å². The molecular formula is C18H17F2N3O2. The van der Waals surface area contributed by atoms with E-state index in [4.69, 9.17) is 4.74 Å². The minimum Gasteiger partial charge on any atom is -0.481 e. The Labute approximate surface area is 143 Å². The summed E-state index contributed by atoms with van der Waals surface area (Å²) in [6.45, 7) is 2.51. The SMILES string of the molecule is Cc1nc2ccccc2n1CCNC(=O)COc1ccc(F)cc1F. The highest BCUT2D eigenvalue weighted by atomic mass is 19.1. The lowest BCUT2D eigenvalue weighted by Crippen LogP contribution is -2.31. The van der Waals surface area contributed by atoms with Gasteiger partial charge in [0, 0.05) is 19.2 Å². The molecular weight excluding hydrogens is 328 g/mol. The van der Waals surface area contributed by atoms with Crippen molar-refractivity contribution >= 4 is 16.9 Å². The van der Waals surface area contributed by atoms with Gasteiger partial charge < -0.3 is 14.6 Å². The second kappa shape index (κ2) is 7.29. The molecule has 1 N–H and O–H groups in total. The molecule has 0 fully saturated rings. The molecule has 0 aliphatic carbocycles. The van der Waals surface area contributed by atoms with Crippen molar-refractivity contribution in [3.8, 4) is 5.75 Å². The summed E-state index contributed by atoms with van der Waals surface area (Å²) < 4.78 is 33.3. The third-order valence-electron chi connectivity index (χ3n) is 3.76. The first kappa shape index (κ1) is 16.9. The molecule has 0 spiro atoms. The molecule has 0 saturated heterocycles. The monoisotopic (exact) mass is 345 g/mol. The van der Waals surface area contributed by atoms with Gasteiger partial charge in [0.1, 0.15) is 11.6 Å². The number of aryl methyl sites for hydroxylation is 1. The molecule has 25 heavy (non-hydrogen) atoms. The Hall–Kier alpha value is -2.96. The number of nitrogens with zero attached hydrogens (tertiary/aromatic N) is 2. The topological polar surface area (TPSA) is 56.2 Å². The first-order valence-corrected chi connectivity index (χ1v) is 7.81. The fourth-order valence-corrected chi connectivity index (χ4v) is 2.57. The van der Waals surface area contributed by atoms with E-state index >= 15 is 0 Å². The van der Waals surface area contributed by atoms with E-state index in [0.29, 0.717) is 19.2 Å². The van der Waals surface area contributed by atoms with Crippen LogP contribution in [-0.4, -0.2) is 28.6 Å². The van der Waals surface area contributed by atoms with Crippen molar-refractivity contribution in [2.75, 3.05) is 13.2 Å². The number of para-hydroxylation sites is 2. The van der Waals surface area contributed by atoms with Crippen molar-refractivity contribution in [1.29, 1.82) is 0 Å². The van der Waals surface area contributed by atoms with Gasteiger partial charge in [-0.05, 0) is 31.2 Å². The van der Waals surface area contributed by atoms with Gasteiger partial charge in [-0.15, -0.1) is 0 Å². The number of carbonyl (C=O) groups excluding carboxylic acids is 1. The van der Waals surface area contributed by atoms with Gasteiger partial charge >= 0.3 is 0 Å². The van der Waals surface area contributed by atoms with Crippen LogP contribution < -0.4 is 10.1 Å². The average molecular weight is 345 g/mol. The summed E-state index contributed by atoms with van der Waals surface area (Å²) in [6.07, 6.45) is 0. The Balaban J connectivity index is 1.51. The molecule has 0 atom stereocenters. The molecule has 0 aliphatic rings. The van der Waals surface area contributed by atoms with Crippen LogP contribution in [-0.2, 0) is 11.3 Å². The Bertz CT molecular complexity index is 908. The fraction of sp³-hybridized carbons (Fsp3) is 0.222. The number of nitrogens with one attached hydrogen (secondary N) is 1. The van der Waals surface area contributed by atoms with Crippen LogP contribution in [0.3, 0.4) is 0 Å². The number of ether oxygens (including phenoxy) is 1. The van der Waals surface area contributed by atoms with E-state index in [2.05, 4.69) is 10.3 Å². The molecule has 130 valence electrons.